The molecule has 2 aliphatic rings. The molecular formula is C17H26N2O. The van der Waals surface area contributed by atoms with Crippen molar-refractivity contribution in [2.24, 2.45) is 0 Å². The van der Waals surface area contributed by atoms with E-state index in [0.29, 0.717) is 12.2 Å². The van der Waals surface area contributed by atoms with Crippen LogP contribution in [0.15, 0.2) is 30.3 Å². The van der Waals surface area contributed by atoms with E-state index >= 15 is 0 Å². The molecule has 0 aliphatic carbocycles. The third-order valence-corrected chi connectivity index (χ3v) is 4.38. The van der Waals surface area contributed by atoms with Crippen LogP contribution in [0.2, 0.25) is 0 Å². The van der Waals surface area contributed by atoms with Crippen LogP contribution in [-0.2, 0) is 11.3 Å². The van der Waals surface area contributed by atoms with Crippen LogP contribution < -0.4 is 5.32 Å². The van der Waals surface area contributed by atoms with Crippen molar-refractivity contribution in [3.63, 3.8) is 0 Å². The summed E-state index contributed by atoms with van der Waals surface area (Å²) in [6.07, 6.45) is 5.77. The van der Waals surface area contributed by atoms with Gasteiger partial charge in [0.15, 0.2) is 0 Å². The summed E-state index contributed by atoms with van der Waals surface area (Å²) in [7, 11) is 0. The molecule has 0 saturated carbocycles. The summed E-state index contributed by atoms with van der Waals surface area (Å²) in [5.74, 6) is 0. The van der Waals surface area contributed by atoms with Gasteiger partial charge in [0.25, 0.3) is 0 Å². The molecule has 0 amide bonds. The smallest absolute Gasteiger partial charge is 0.0706 e. The van der Waals surface area contributed by atoms with Crippen LogP contribution in [0.3, 0.4) is 0 Å². The van der Waals surface area contributed by atoms with Gasteiger partial charge in [-0.1, -0.05) is 30.3 Å². The third-order valence-electron chi connectivity index (χ3n) is 4.38. The van der Waals surface area contributed by atoms with E-state index in [1.54, 1.807) is 0 Å². The maximum absolute atomic E-state index is 6.32. The quantitative estimate of drug-likeness (QED) is 0.912. The number of piperidine rings is 2. The van der Waals surface area contributed by atoms with Gasteiger partial charge in [0.05, 0.1) is 12.2 Å². The zero-order valence-electron chi connectivity index (χ0n) is 12.3. The lowest BCUT2D eigenvalue weighted by atomic mass is 10.1. The molecule has 1 atom stereocenters. The van der Waals surface area contributed by atoms with E-state index in [0.717, 1.165) is 26.2 Å². The van der Waals surface area contributed by atoms with E-state index in [1.807, 2.05) is 0 Å². The molecular weight excluding hydrogens is 248 g/mol. The summed E-state index contributed by atoms with van der Waals surface area (Å²) >= 11 is 0. The lowest BCUT2D eigenvalue weighted by Gasteiger charge is -2.35. The predicted octanol–water partition coefficient (Wildman–Crippen LogP) is 2.42. The molecule has 1 aromatic rings. The molecule has 110 valence electrons. The van der Waals surface area contributed by atoms with Crippen LogP contribution in [-0.4, -0.2) is 43.3 Å². The van der Waals surface area contributed by atoms with Gasteiger partial charge in [-0.25, -0.2) is 0 Å². The highest BCUT2D eigenvalue weighted by Crippen LogP contribution is 2.19. The molecule has 20 heavy (non-hydrogen) atoms. The first kappa shape index (κ1) is 14.1. The average Bonchev–Trinajstić information content (AvgIpc) is 2.50. The van der Waals surface area contributed by atoms with Gasteiger partial charge >= 0.3 is 0 Å². The fourth-order valence-corrected chi connectivity index (χ4v) is 3.31. The Morgan fingerprint density at radius 2 is 1.85 bits per heavy atom. The second-order valence-electron chi connectivity index (χ2n) is 6.07. The maximum atomic E-state index is 6.32. The first-order valence-electron chi connectivity index (χ1n) is 8.02. The van der Waals surface area contributed by atoms with Crippen molar-refractivity contribution in [1.82, 2.24) is 10.2 Å². The van der Waals surface area contributed by atoms with Crippen LogP contribution in [0, 0.1) is 0 Å². The highest BCUT2D eigenvalue weighted by molar-refractivity contribution is 5.14. The van der Waals surface area contributed by atoms with Crippen LogP contribution in [0.25, 0.3) is 0 Å². The predicted molar refractivity (Wildman–Crippen MR) is 81.7 cm³/mol. The van der Waals surface area contributed by atoms with Gasteiger partial charge in [-0.2, -0.15) is 0 Å². The van der Waals surface area contributed by atoms with E-state index < -0.39 is 0 Å². The van der Waals surface area contributed by atoms with Crippen molar-refractivity contribution in [1.29, 1.82) is 0 Å². The minimum atomic E-state index is 0.440. The Balaban J connectivity index is 1.48. The molecule has 2 heterocycles. The highest BCUT2D eigenvalue weighted by Gasteiger charge is 2.24. The number of nitrogens with one attached hydrogen (secondary N) is 1. The summed E-state index contributed by atoms with van der Waals surface area (Å²) in [4.78, 5) is 2.55. The zero-order valence-corrected chi connectivity index (χ0v) is 12.3. The second-order valence-corrected chi connectivity index (χ2v) is 6.07. The summed E-state index contributed by atoms with van der Waals surface area (Å²) in [5.41, 5.74) is 1.41. The Hall–Kier alpha value is -0.900. The van der Waals surface area contributed by atoms with Crippen molar-refractivity contribution in [3.8, 4) is 0 Å². The normalized spacial score (nSPS) is 25.7. The van der Waals surface area contributed by atoms with E-state index in [9.17, 15) is 0 Å². The molecule has 2 saturated heterocycles. The second kappa shape index (κ2) is 7.21. The molecule has 1 N–H and O–H groups in total. The Labute approximate surface area is 122 Å². The van der Waals surface area contributed by atoms with Gasteiger partial charge in [0, 0.05) is 13.1 Å². The van der Waals surface area contributed by atoms with Crippen LogP contribution in [0.1, 0.15) is 31.2 Å². The lowest BCUT2D eigenvalue weighted by molar-refractivity contribution is -0.0593. The van der Waals surface area contributed by atoms with Gasteiger partial charge in [-0.3, -0.25) is 4.90 Å². The first-order valence-corrected chi connectivity index (χ1v) is 8.02. The van der Waals surface area contributed by atoms with Gasteiger partial charge in [0.1, 0.15) is 0 Å². The van der Waals surface area contributed by atoms with Crippen molar-refractivity contribution in [3.05, 3.63) is 35.9 Å². The fraction of sp³-hybridized carbons (Fsp3) is 0.647. The SMILES string of the molecule is c1ccc(CN2CCCC(OC3CCNCC3)C2)cc1. The first-order chi connectivity index (χ1) is 9.90. The average molecular weight is 274 g/mol. The Bertz CT molecular complexity index is 389. The maximum Gasteiger partial charge on any atom is 0.0706 e. The van der Waals surface area contributed by atoms with Crippen LogP contribution >= 0.6 is 0 Å². The number of hydrogen-bond donors (Lipinski definition) is 1. The molecule has 2 fully saturated rings. The molecule has 0 spiro atoms. The Kier molecular flexibility index (Phi) is 5.06. The standard InChI is InChI=1S/C17H26N2O/c1-2-5-15(6-3-1)13-19-12-4-7-17(14-19)20-16-8-10-18-11-9-16/h1-3,5-6,16-18H,4,7-14H2. The van der Waals surface area contributed by atoms with Crippen molar-refractivity contribution < 1.29 is 4.74 Å². The van der Waals surface area contributed by atoms with Gasteiger partial charge in [-0.15, -0.1) is 0 Å². The monoisotopic (exact) mass is 274 g/mol. The van der Waals surface area contributed by atoms with Gasteiger partial charge in [0.2, 0.25) is 0 Å². The van der Waals surface area contributed by atoms with E-state index in [2.05, 4.69) is 40.5 Å². The molecule has 1 aromatic carbocycles. The van der Waals surface area contributed by atoms with E-state index in [4.69, 9.17) is 4.74 Å². The third kappa shape index (κ3) is 4.05. The molecule has 0 bridgehead atoms. The number of rotatable bonds is 4. The number of likely N-dealkylation sites (tertiary alicyclic amines) is 1. The van der Waals surface area contributed by atoms with Crippen molar-refractivity contribution >= 4 is 0 Å². The summed E-state index contributed by atoms with van der Waals surface area (Å²) in [6.45, 7) is 5.60. The molecule has 1 unspecified atom stereocenters. The molecule has 0 radical (unpaired) electrons. The minimum Gasteiger partial charge on any atom is -0.374 e. The fourth-order valence-electron chi connectivity index (χ4n) is 3.31. The number of benzene rings is 1. The Morgan fingerprint density at radius 1 is 1.05 bits per heavy atom. The molecule has 3 heteroatoms. The minimum absolute atomic E-state index is 0.440. The summed E-state index contributed by atoms with van der Waals surface area (Å²) < 4.78 is 6.32. The molecule has 3 nitrogen and oxygen atoms in total. The number of ether oxygens (including phenoxy) is 1. The number of nitrogens with zero attached hydrogens (tertiary/aromatic N) is 1. The number of hydrogen-bond acceptors (Lipinski definition) is 3. The molecule has 0 aromatic heterocycles. The summed E-state index contributed by atoms with van der Waals surface area (Å²) in [6, 6.07) is 10.8. The largest absolute Gasteiger partial charge is 0.374 e. The highest BCUT2D eigenvalue weighted by atomic mass is 16.5. The van der Waals surface area contributed by atoms with Crippen molar-refractivity contribution in [2.75, 3.05) is 26.2 Å². The molecule has 3 rings (SSSR count). The van der Waals surface area contributed by atoms with Gasteiger partial charge in [-0.05, 0) is 50.9 Å². The summed E-state index contributed by atoms with van der Waals surface area (Å²) in [5, 5.41) is 3.40. The van der Waals surface area contributed by atoms with Crippen LogP contribution in [0.4, 0.5) is 0 Å². The van der Waals surface area contributed by atoms with Crippen LogP contribution in [0.5, 0.6) is 0 Å². The topological polar surface area (TPSA) is 24.5 Å². The Morgan fingerprint density at radius 3 is 2.65 bits per heavy atom. The van der Waals surface area contributed by atoms with Crippen molar-refractivity contribution in [2.45, 2.75) is 44.4 Å². The van der Waals surface area contributed by atoms with E-state index in [-0.39, 0.29) is 0 Å². The zero-order chi connectivity index (χ0) is 13.6. The van der Waals surface area contributed by atoms with E-state index in [1.165, 1.54) is 37.8 Å². The van der Waals surface area contributed by atoms with Gasteiger partial charge < -0.3 is 10.1 Å². The molecule has 2 aliphatic heterocycles. The lowest BCUT2D eigenvalue weighted by Crippen LogP contribution is -2.42.